The molecule has 0 aromatic heterocycles. The van der Waals surface area contributed by atoms with Gasteiger partial charge in [0.15, 0.2) is 0 Å². The Morgan fingerprint density at radius 1 is 1.09 bits per heavy atom. The minimum absolute atomic E-state index is 0.121. The second-order valence-electron chi connectivity index (χ2n) is 4.87. The molecule has 0 saturated heterocycles. The molecule has 2 rings (SSSR count). The summed E-state index contributed by atoms with van der Waals surface area (Å²) in [6.07, 6.45) is 0.740. The van der Waals surface area contributed by atoms with Crippen molar-refractivity contribution in [2.24, 2.45) is 5.10 Å². The number of carbonyl (C=O) groups is 1. The van der Waals surface area contributed by atoms with Crippen molar-refractivity contribution in [1.82, 2.24) is 5.43 Å². The molecule has 0 aliphatic carbocycles. The van der Waals surface area contributed by atoms with Crippen molar-refractivity contribution in [2.75, 3.05) is 19.0 Å². The maximum atomic E-state index is 11.9. The molecule has 0 aliphatic rings. The number of amides is 1. The zero-order chi connectivity index (χ0) is 16.5. The Balaban J connectivity index is 1.93. The third-order valence-corrected chi connectivity index (χ3v) is 3.30. The lowest BCUT2D eigenvalue weighted by Gasteiger charge is -2.10. The molecule has 1 amide bonds. The van der Waals surface area contributed by atoms with Gasteiger partial charge in [-0.1, -0.05) is 49.4 Å². The third-order valence-electron chi connectivity index (χ3n) is 3.30. The van der Waals surface area contributed by atoms with E-state index >= 15 is 0 Å². The molecule has 0 fully saturated rings. The molecular weight excluding hydrogens is 290 g/mol. The molecule has 0 heterocycles. The molecule has 2 aromatic rings. The fourth-order valence-corrected chi connectivity index (χ4v) is 2.11. The number of rotatable bonds is 7. The summed E-state index contributed by atoms with van der Waals surface area (Å²) >= 11 is 0. The van der Waals surface area contributed by atoms with Gasteiger partial charge in [-0.3, -0.25) is 4.79 Å². The monoisotopic (exact) mass is 311 g/mol. The lowest BCUT2D eigenvalue weighted by Crippen LogP contribution is -2.27. The third kappa shape index (κ3) is 4.85. The molecule has 0 atom stereocenters. The molecule has 0 saturated carbocycles. The van der Waals surface area contributed by atoms with Gasteiger partial charge in [-0.25, -0.2) is 5.43 Å². The number of methoxy groups -OCH3 is 1. The average molecular weight is 311 g/mol. The molecular formula is C18H21N3O2. The number of hydrazone groups is 1. The van der Waals surface area contributed by atoms with Crippen LogP contribution in [0.25, 0.3) is 0 Å². The molecule has 0 spiro atoms. The summed E-state index contributed by atoms with van der Waals surface area (Å²) in [6.45, 7) is 2.13. The van der Waals surface area contributed by atoms with Crippen LogP contribution in [-0.4, -0.2) is 25.3 Å². The van der Waals surface area contributed by atoms with Crippen LogP contribution < -0.4 is 15.5 Å². The first-order chi connectivity index (χ1) is 11.2. The number of para-hydroxylation sites is 2. The van der Waals surface area contributed by atoms with Gasteiger partial charge in [0.25, 0.3) is 5.91 Å². The van der Waals surface area contributed by atoms with Crippen LogP contribution in [0.5, 0.6) is 5.75 Å². The maximum Gasteiger partial charge on any atom is 0.259 e. The van der Waals surface area contributed by atoms with E-state index in [0.29, 0.717) is 5.75 Å². The van der Waals surface area contributed by atoms with Crippen molar-refractivity contribution in [3.8, 4) is 5.75 Å². The topological polar surface area (TPSA) is 62.7 Å². The summed E-state index contributed by atoms with van der Waals surface area (Å²) in [4.78, 5) is 11.9. The second kappa shape index (κ2) is 8.58. The zero-order valence-electron chi connectivity index (χ0n) is 13.4. The van der Waals surface area contributed by atoms with Crippen LogP contribution in [-0.2, 0) is 4.79 Å². The van der Waals surface area contributed by atoms with Crippen LogP contribution in [0.2, 0.25) is 0 Å². The first kappa shape index (κ1) is 16.5. The fraction of sp³-hybridized carbons (Fsp3) is 0.222. The maximum absolute atomic E-state index is 11.9. The summed E-state index contributed by atoms with van der Waals surface area (Å²) < 4.78 is 5.23. The summed E-state index contributed by atoms with van der Waals surface area (Å²) in [6, 6.07) is 17.2. The van der Waals surface area contributed by atoms with Gasteiger partial charge in [0.05, 0.1) is 25.1 Å². The Morgan fingerprint density at radius 2 is 1.78 bits per heavy atom. The number of nitrogens with zero attached hydrogens (tertiary/aromatic N) is 1. The Kier molecular flexibility index (Phi) is 6.17. The highest BCUT2D eigenvalue weighted by atomic mass is 16.5. The van der Waals surface area contributed by atoms with Gasteiger partial charge in [0.2, 0.25) is 0 Å². The van der Waals surface area contributed by atoms with E-state index in [1.165, 1.54) is 0 Å². The lowest BCUT2D eigenvalue weighted by molar-refractivity contribution is -0.119. The summed E-state index contributed by atoms with van der Waals surface area (Å²) in [5.74, 6) is 0.486. The standard InChI is InChI=1S/C18H21N3O2/c1-3-15(14-9-5-4-6-10-14)20-21-18(22)13-19-16-11-7-8-12-17(16)23-2/h4-12,19H,3,13H2,1-2H3,(H,21,22)/b20-15-. The molecule has 0 unspecified atom stereocenters. The quantitative estimate of drug-likeness (QED) is 0.610. The molecule has 2 N–H and O–H groups in total. The summed E-state index contributed by atoms with van der Waals surface area (Å²) in [7, 11) is 1.60. The molecule has 5 nitrogen and oxygen atoms in total. The van der Waals surface area contributed by atoms with Gasteiger partial charge in [-0.2, -0.15) is 5.10 Å². The molecule has 0 aliphatic heterocycles. The minimum atomic E-state index is -0.210. The van der Waals surface area contributed by atoms with E-state index in [2.05, 4.69) is 15.8 Å². The van der Waals surface area contributed by atoms with Gasteiger partial charge in [0.1, 0.15) is 5.75 Å². The highest BCUT2D eigenvalue weighted by Crippen LogP contribution is 2.22. The lowest BCUT2D eigenvalue weighted by atomic mass is 10.1. The minimum Gasteiger partial charge on any atom is -0.495 e. The van der Waals surface area contributed by atoms with E-state index in [-0.39, 0.29) is 12.5 Å². The van der Waals surface area contributed by atoms with Gasteiger partial charge in [-0.05, 0) is 24.1 Å². The van der Waals surface area contributed by atoms with E-state index in [9.17, 15) is 4.79 Å². The van der Waals surface area contributed by atoms with Gasteiger partial charge in [0, 0.05) is 0 Å². The number of hydrogen-bond donors (Lipinski definition) is 2. The Hall–Kier alpha value is -2.82. The predicted molar refractivity (Wildman–Crippen MR) is 92.9 cm³/mol. The van der Waals surface area contributed by atoms with E-state index < -0.39 is 0 Å². The van der Waals surface area contributed by atoms with Crippen LogP contribution in [0.3, 0.4) is 0 Å². The SMILES string of the molecule is CC/C(=N/NC(=O)CNc1ccccc1OC)c1ccccc1. The first-order valence-electron chi connectivity index (χ1n) is 7.52. The molecule has 23 heavy (non-hydrogen) atoms. The summed E-state index contributed by atoms with van der Waals surface area (Å²) in [5.41, 5.74) is 5.21. The molecule has 120 valence electrons. The first-order valence-corrected chi connectivity index (χ1v) is 7.52. The Bertz CT molecular complexity index is 669. The van der Waals surface area contributed by atoms with Crippen molar-refractivity contribution in [3.63, 3.8) is 0 Å². The van der Waals surface area contributed by atoms with Crippen molar-refractivity contribution in [1.29, 1.82) is 0 Å². The molecule has 5 heteroatoms. The molecule has 0 bridgehead atoms. The van der Waals surface area contributed by atoms with Crippen molar-refractivity contribution >= 4 is 17.3 Å². The van der Waals surface area contributed by atoms with Crippen LogP contribution in [0.4, 0.5) is 5.69 Å². The Labute approximate surface area is 136 Å². The van der Waals surface area contributed by atoms with Crippen LogP contribution >= 0.6 is 0 Å². The van der Waals surface area contributed by atoms with Crippen LogP contribution in [0, 0.1) is 0 Å². The number of anilines is 1. The number of ether oxygens (including phenoxy) is 1. The average Bonchev–Trinajstić information content (AvgIpc) is 2.61. The van der Waals surface area contributed by atoms with E-state index in [1.807, 2.05) is 61.5 Å². The second-order valence-corrected chi connectivity index (χ2v) is 4.87. The number of nitrogens with one attached hydrogen (secondary N) is 2. The molecule has 2 aromatic carbocycles. The van der Waals surface area contributed by atoms with Crippen molar-refractivity contribution < 1.29 is 9.53 Å². The van der Waals surface area contributed by atoms with E-state index in [0.717, 1.165) is 23.4 Å². The van der Waals surface area contributed by atoms with E-state index in [4.69, 9.17) is 4.74 Å². The predicted octanol–water partition coefficient (Wildman–Crippen LogP) is 3.04. The van der Waals surface area contributed by atoms with Crippen LogP contribution in [0.15, 0.2) is 59.7 Å². The van der Waals surface area contributed by atoms with Crippen molar-refractivity contribution in [3.05, 3.63) is 60.2 Å². The Morgan fingerprint density at radius 3 is 2.48 bits per heavy atom. The number of hydrogen-bond acceptors (Lipinski definition) is 4. The fourth-order valence-electron chi connectivity index (χ4n) is 2.11. The van der Waals surface area contributed by atoms with Gasteiger partial charge < -0.3 is 10.1 Å². The van der Waals surface area contributed by atoms with E-state index in [1.54, 1.807) is 7.11 Å². The summed E-state index contributed by atoms with van der Waals surface area (Å²) in [5, 5.41) is 7.25. The number of carbonyl (C=O) groups excluding carboxylic acids is 1. The van der Waals surface area contributed by atoms with Gasteiger partial charge >= 0.3 is 0 Å². The van der Waals surface area contributed by atoms with Gasteiger partial charge in [-0.15, -0.1) is 0 Å². The highest BCUT2D eigenvalue weighted by molar-refractivity contribution is 6.00. The largest absolute Gasteiger partial charge is 0.495 e. The normalized spacial score (nSPS) is 11.0. The van der Waals surface area contributed by atoms with Crippen LogP contribution in [0.1, 0.15) is 18.9 Å². The van der Waals surface area contributed by atoms with Crippen molar-refractivity contribution in [2.45, 2.75) is 13.3 Å². The zero-order valence-corrected chi connectivity index (χ0v) is 13.4. The smallest absolute Gasteiger partial charge is 0.259 e. The molecule has 0 radical (unpaired) electrons. The number of benzene rings is 2. The highest BCUT2D eigenvalue weighted by Gasteiger charge is 2.05.